The number of hydrogen-bond acceptors (Lipinski definition) is 3. The molecule has 5 rings (SSSR count). The molecular formula is C19H24Cl2N2O. The molecule has 4 heterocycles. The number of aliphatic hydroxyl groups is 1. The van der Waals surface area contributed by atoms with Gasteiger partial charge >= 0.3 is 0 Å². The third-order valence-electron chi connectivity index (χ3n) is 5.88. The fourth-order valence-corrected chi connectivity index (χ4v) is 4.75. The molecule has 1 N–H and O–H groups in total. The lowest BCUT2D eigenvalue weighted by Crippen LogP contribution is -2.55. The van der Waals surface area contributed by atoms with Crippen molar-refractivity contribution in [2.24, 2.45) is 11.8 Å². The van der Waals surface area contributed by atoms with Gasteiger partial charge in [-0.15, -0.1) is 12.4 Å². The number of halogens is 2. The molecule has 3 saturated heterocycles. The predicted octanol–water partition coefficient (Wildman–Crippen LogP) is 4.46. The zero-order valence-electron chi connectivity index (χ0n) is 13.9. The van der Waals surface area contributed by atoms with Crippen molar-refractivity contribution >= 4 is 34.9 Å². The van der Waals surface area contributed by atoms with E-state index >= 15 is 0 Å². The van der Waals surface area contributed by atoms with Gasteiger partial charge < -0.3 is 5.11 Å². The zero-order valence-corrected chi connectivity index (χ0v) is 15.4. The van der Waals surface area contributed by atoms with Crippen LogP contribution in [0.15, 0.2) is 30.5 Å². The van der Waals surface area contributed by atoms with Crippen molar-refractivity contribution in [3.8, 4) is 0 Å². The van der Waals surface area contributed by atoms with E-state index in [0.717, 1.165) is 47.8 Å². The lowest BCUT2D eigenvalue weighted by Gasteiger charge is -2.51. The summed E-state index contributed by atoms with van der Waals surface area (Å²) in [4.78, 5) is 6.90. The van der Waals surface area contributed by atoms with Crippen LogP contribution in [0.1, 0.15) is 37.9 Å². The van der Waals surface area contributed by atoms with Crippen LogP contribution in [0.4, 0.5) is 0 Å². The van der Waals surface area contributed by atoms with Crippen molar-refractivity contribution in [1.82, 2.24) is 9.88 Å². The molecule has 130 valence electrons. The van der Waals surface area contributed by atoms with E-state index in [0.29, 0.717) is 5.02 Å². The number of benzene rings is 1. The zero-order chi connectivity index (χ0) is 16.0. The lowest BCUT2D eigenvalue weighted by molar-refractivity contribution is -0.0562. The predicted molar refractivity (Wildman–Crippen MR) is 101 cm³/mol. The number of nitrogens with zero attached hydrogens (tertiary/aromatic N) is 2. The van der Waals surface area contributed by atoms with Crippen molar-refractivity contribution in [3.05, 3.63) is 41.0 Å². The van der Waals surface area contributed by atoms with Gasteiger partial charge in [-0.05, 0) is 61.1 Å². The topological polar surface area (TPSA) is 36.4 Å². The van der Waals surface area contributed by atoms with Crippen molar-refractivity contribution in [1.29, 1.82) is 0 Å². The van der Waals surface area contributed by atoms with Gasteiger partial charge in [-0.1, -0.05) is 24.9 Å². The maximum absolute atomic E-state index is 11.1. The summed E-state index contributed by atoms with van der Waals surface area (Å²) < 4.78 is 0. The highest BCUT2D eigenvalue weighted by molar-refractivity contribution is 6.31. The van der Waals surface area contributed by atoms with Gasteiger partial charge in [-0.25, -0.2) is 0 Å². The Morgan fingerprint density at radius 3 is 2.92 bits per heavy atom. The van der Waals surface area contributed by atoms with Gasteiger partial charge in [0.1, 0.15) is 0 Å². The Morgan fingerprint density at radius 1 is 1.38 bits per heavy atom. The van der Waals surface area contributed by atoms with Gasteiger partial charge in [0.2, 0.25) is 0 Å². The minimum atomic E-state index is -0.473. The summed E-state index contributed by atoms with van der Waals surface area (Å²) in [6.45, 7) is 4.54. The van der Waals surface area contributed by atoms with Crippen molar-refractivity contribution in [3.63, 3.8) is 0 Å². The molecule has 0 spiro atoms. The second kappa shape index (κ2) is 7.17. The summed E-state index contributed by atoms with van der Waals surface area (Å²) in [6, 6.07) is 7.87. The van der Waals surface area contributed by atoms with Gasteiger partial charge in [0.05, 0.1) is 11.6 Å². The Balaban J connectivity index is 0.00000169. The summed E-state index contributed by atoms with van der Waals surface area (Å²) in [6.07, 6.45) is 4.95. The number of hydrogen-bond donors (Lipinski definition) is 1. The summed E-state index contributed by atoms with van der Waals surface area (Å²) in [5.74, 6) is 1.57. The Morgan fingerprint density at radius 2 is 2.21 bits per heavy atom. The summed E-state index contributed by atoms with van der Waals surface area (Å²) in [5.41, 5.74) is 1.86. The van der Waals surface area contributed by atoms with Crippen molar-refractivity contribution in [2.45, 2.75) is 38.3 Å². The standard InChI is InChI=1S/C19H23ClN2O.ClH/c1-2-12-11-22-8-6-13(12)9-18(22)19(23)15-5-7-21-17-4-3-14(20)10-16(15)17;/h3-5,7,10,12-13,18-19,23H,2,6,8-9,11H2,1H3;1H/t12-,13-,18-,19+;/m0./s1. The number of pyridine rings is 1. The number of aliphatic hydroxyl groups excluding tert-OH is 1. The van der Waals surface area contributed by atoms with Crippen LogP contribution in [0.25, 0.3) is 10.9 Å². The highest BCUT2D eigenvalue weighted by Gasteiger charge is 2.42. The molecule has 0 saturated carbocycles. The van der Waals surface area contributed by atoms with E-state index in [1.165, 1.54) is 12.8 Å². The van der Waals surface area contributed by atoms with Crippen LogP contribution in [0, 0.1) is 11.8 Å². The molecule has 2 aromatic rings. The van der Waals surface area contributed by atoms with E-state index < -0.39 is 6.10 Å². The largest absolute Gasteiger partial charge is 0.387 e. The Kier molecular flexibility index (Phi) is 5.36. The monoisotopic (exact) mass is 366 g/mol. The minimum absolute atomic E-state index is 0. The number of aromatic nitrogens is 1. The highest BCUT2D eigenvalue weighted by atomic mass is 35.5. The Hall–Kier alpha value is -0.870. The van der Waals surface area contributed by atoms with Gasteiger partial charge in [-0.3, -0.25) is 9.88 Å². The Labute approximate surface area is 154 Å². The molecule has 1 unspecified atom stereocenters. The second-order valence-corrected chi connectivity index (χ2v) is 7.46. The average Bonchev–Trinajstić information content (AvgIpc) is 2.60. The van der Waals surface area contributed by atoms with Crippen LogP contribution >= 0.6 is 24.0 Å². The molecule has 1 aromatic carbocycles. The molecule has 0 amide bonds. The number of fused-ring (bicyclic) bond motifs is 4. The van der Waals surface area contributed by atoms with E-state index in [2.05, 4.69) is 16.8 Å². The van der Waals surface area contributed by atoms with Crippen LogP contribution in [-0.2, 0) is 0 Å². The first-order chi connectivity index (χ1) is 11.2. The van der Waals surface area contributed by atoms with Crippen LogP contribution in [0.5, 0.6) is 0 Å². The average molecular weight is 367 g/mol. The molecule has 3 aliphatic rings. The van der Waals surface area contributed by atoms with Gasteiger partial charge in [0, 0.05) is 29.2 Å². The minimum Gasteiger partial charge on any atom is -0.387 e. The molecule has 2 bridgehead atoms. The number of rotatable bonds is 3. The molecule has 3 fully saturated rings. The van der Waals surface area contributed by atoms with Gasteiger partial charge in [0.25, 0.3) is 0 Å². The van der Waals surface area contributed by atoms with Crippen molar-refractivity contribution in [2.75, 3.05) is 13.1 Å². The smallest absolute Gasteiger partial charge is 0.0952 e. The third-order valence-corrected chi connectivity index (χ3v) is 6.12. The molecule has 3 nitrogen and oxygen atoms in total. The third kappa shape index (κ3) is 3.03. The van der Waals surface area contributed by atoms with E-state index in [-0.39, 0.29) is 18.4 Å². The quantitative estimate of drug-likeness (QED) is 0.870. The molecule has 5 heteroatoms. The fraction of sp³-hybridized carbons (Fsp3) is 0.526. The van der Waals surface area contributed by atoms with Gasteiger partial charge in [-0.2, -0.15) is 0 Å². The van der Waals surface area contributed by atoms with Crippen molar-refractivity contribution < 1.29 is 5.11 Å². The highest BCUT2D eigenvalue weighted by Crippen LogP contribution is 2.42. The van der Waals surface area contributed by atoms with E-state index in [4.69, 9.17) is 11.6 Å². The lowest BCUT2D eigenvalue weighted by atomic mass is 9.72. The molecule has 24 heavy (non-hydrogen) atoms. The molecule has 0 aliphatic carbocycles. The summed E-state index contributed by atoms with van der Waals surface area (Å²) in [7, 11) is 0. The fourth-order valence-electron chi connectivity index (χ4n) is 4.58. The summed E-state index contributed by atoms with van der Waals surface area (Å²) in [5, 5.41) is 12.8. The molecule has 3 aliphatic heterocycles. The molecular weight excluding hydrogens is 343 g/mol. The molecule has 1 aromatic heterocycles. The first-order valence-corrected chi connectivity index (χ1v) is 9.01. The second-order valence-electron chi connectivity index (χ2n) is 7.02. The van der Waals surface area contributed by atoms with Gasteiger partial charge in [0.15, 0.2) is 0 Å². The Bertz CT molecular complexity index is 724. The first kappa shape index (κ1) is 17.9. The molecule has 5 atom stereocenters. The van der Waals surface area contributed by atoms with Crippen LogP contribution in [-0.4, -0.2) is 34.1 Å². The number of piperidine rings is 3. The van der Waals surface area contributed by atoms with Crippen LogP contribution in [0.2, 0.25) is 5.02 Å². The SMILES string of the molecule is CC[C@H]1CN2CC[C@H]1C[C@H]2[C@H](O)c1ccnc2ccc(Cl)cc12.Cl. The van der Waals surface area contributed by atoms with E-state index in [1.54, 1.807) is 6.20 Å². The van der Waals surface area contributed by atoms with E-state index in [1.807, 2.05) is 24.3 Å². The van der Waals surface area contributed by atoms with Crippen LogP contribution < -0.4 is 0 Å². The van der Waals surface area contributed by atoms with Crippen LogP contribution in [0.3, 0.4) is 0 Å². The normalized spacial score (nSPS) is 30.1. The maximum atomic E-state index is 11.1. The van der Waals surface area contributed by atoms with E-state index in [9.17, 15) is 5.11 Å². The molecule has 0 radical (unpaired) electrons. The maximum Gasteiger partial charge on any atom is 0.0952 e. The first-order valence-electron chi connectivity index (χ1n) is 8.63. The summed E-state index contributed by atoms with van der Waals surface area (Å²) >= 11 is 6.16.